The lowest BCUT2D eigenvalue weighted by Crippen LogP contribution is -2.43. The van der Waals surface area contributed by atoms with Gasteiger partial charge in [-0.1, -0.05) is 42.5 Å². The molecule has 0 aliphatic rings. The molecule has 1 heterocycles. The number of methoxy groups -OCH3 is 1. The molecule has 0 spiro atoms. The summed E-state index contributed by atoms with van der Waals surface area (Å²) >= 11 is 0. The fourth-order valence-corrected chi connectivity index (χ4v) is 3.88. The van der Waals surface area contributed by atoms with Crippen LogP contribution in [0.15, 0.2) is 93.4 Å². The Morgan fingerprint density at radius 3 is 2.15 bits per heavy atom. The molecule has 0 aliphatic carbocycles. The van der Waals surface area contributed by atoms with Gasteiger partial charge in [0.15, 0.2) is 0 Å². The van der Waals surface area contributed by atoms with Crippen molar-refractivity contribution in [1.29, 1.82) is 0 Å². The summed E-state index contributed by atoms with van der Waals surface area (Å²) in [5.74, 6) is 0.612. The molecule has 4 rings (SSSR count). The molecule has 0 unspecified atom stereocenters. The molecule has 4 aromatic rings. The normalized spacial score (nSPS) is 11.9. The summed E-state index contributed by atoms with van der Waals surface area (Å²) in [5, 5.41) is 3.08. The van der Waals surface area contributed by atoms with Gasteiger partial charge in [-0.05, 0) is 47.5 Å². The lowest BCUT2D eigenvalue weighted by atomic mass is 10.1. The van der Waals surface area contributed by atoms with E-state index < -0.39 is 23.0 Å². The molecule has 0 radical (unpaired) electrons. The quantitative estimate of drug-likeness (QED) is 0.271. The van der Waals surface area contributed by atoms with E-state index >= 15 is 0 Å². The molecule has 0 aliphatic heterocycles. The molecule has 0 saturated carbocycles. The lowest BCUT2D eigenvalue weighted by Gasteiger charge is -2.18. The predicted molar refractivity (Wildman–Crippen MR) is 144 cm³/mol. The number of nitrogen functional groups attached to an aromatic ring is 1. The number of halogens is 3. The largest absolute Gasteiger partial charge is 0.497 e. The first-order valence-corrected chi connectivity index (χ1v) is 11.8. The topological polar surface area (TPSA) is 104 Å². The number of anilines is 2. The second-order valence-electron chi connectivity index (χ2n) is 8.69. The van der Waals surface area contributed by atoms with Crippen LogP contribution in [-0.2, 0) is 26.3 Å². The Hall–Kier alpha value is -4.80. The highest BCUT2D eigenvalue weighted by Crippen LogP contribution is 2.29. The number of nitrogens with zero attached hydrogens (tertiary/aromatic N) is 3. The Labute approximate surface area is 221 Å². The molecule has 11 heteroatoms. The maximum absolute atomic E-state index is 13.3. The lowest BCUT2D eigenvalue weighted by molar-refractivity contribution is -0.137. The van der Waals surface area contributed by atoms with Gasteiger partial charge in [-0.2, -0.15) is 13.2 Å². The van der Waals surface area contributed by atoms with Crippen LogP contribution in [0.1, 0.15) is 22.3 Å². The van der Waals surface area contributed by atoms with Gasteiger partial charge in [0.2, 0.25) is 0 Å². The molecule has 0 amide bonds. The van der Waals surface area contributed by atoms with Crippen LogP contribution in [0.4, 0.5) is 24.7 Å². The number of para-hydroxylation sites is 1. The standard InChI is InChI=1S/C28H26F3N5O3/c1-35-26(37)23(24(32)36(27(35)38)17-19-10-14-22(39-2)15-11-19)25(34-21-6-4-3-5-7-21)33-16-18-8-12-20(13-9-18)28(29,30)31/h3-15H,16-17,32H2,1-2H3,(H,33,34). The number of ether oxygens (including phenoxy) is 1. The first-order chi connectivity index (χ1) is 18.6. The van der Waals surface area contributed by atoms with Gasteiger partial charge in [-0.15, -0.1) is 0 Å². The highest BCUT2D eigenvalue weighted by molar-refractivity contribution is 6.10. The second kappa shape index (κ2) is 11.3. The zero-order valence-corrected chi connectivity index (χ0v) is 21.2. The van der Waals surface area contributed by atoms with Crippen molar-refractivity contribution in [2.45, 2.75) is 19.3 Å². The van der Waals surface area contributed by atoms with E-state index in [0.717, 1.165) is 22.3 Å². The molecule has 202 valence electrons. The van der Waals surface area contributed by atoms with Crippen LogP contribution in [0.5, 0.6) is 5.75 Å². The third kappa shape index (κ3) is 6.20. The summed E-state index contributed by atoms with van der Waals surface area (Å²) in [6, 6.07) is 20.5. The fourth-order valence-electron chi connectivity index (χ4n) is 3.88. The van der Waals surface area contributed by atoms with Gasteiger partial charge in [0.05, 0.1) is 25.8 Å². The number of hydrogen-bond donors (Lipinski definition) is 2. The Morgan fingerprint density at radius 2 is 1.56 bits per heavy atom. The average Bonchev–Trinajstić information content (AvgIpc) is 2.93. The first kappa shape index (κ1) is 27.2. The molecule has 0 atom stereocenters. The number of benzene rings is 3. The van der Waals surface area contributed by atoms with Crippen molar-refractivity contribution in [2.75, 3.05) is 18.2 Å². The van der Waals surface area contributed by atoms with E-state index in [0.29, 0.717) is 17.0 Å². The highest BCUT2D eigenvalue weighted by Gasteiger charge is 2.30. The molecule has 0 fully saturated rings. The van der Waals surface area contributed by atoms with Gasteiger partial charge >= 0.3 is 11.9 Å². The number of aromatic nitrogens is 2. The van der Waals surface area contributed by atoms with Gasteiger partial charge in [0.1, 0.15) is 23.0 Å². The van der Waals surface area contributed by atoms with Gasteiger partial charge in [-0.25, -0.2) is 4.79 Å². The molecule has 1 aromatic heterocycles. The van der Waals surface area contributed by atoms with Crippen LogP contribution >= 0.6 is 0 Å². The third-order valence-corrected chi connectivity index (χ3v) is 6.06. The van der Waals surface area contributed by atoms with Gasteiger partial charge in [0, 0.05) is 12.7 Å². The molecule has 0 bridgehead atoms. The van der Waals surface area contributed by atoms with E-state index in [4.69, 9.17) is 10.5 Å². The zero-order valence-electron chi connectivity index (χ0n) is 21.2. The minimum Gasteiger partial charge on any atom is -0.497 e. The number of alkyl halides is 3. The van der Waals surface area contributed by atoms with Crippen LogP contribution in [0.25, 0.3) is 0 Å². The summed E-state index contributed by atoms with van der Waals surface area (Å²) < 4.78 is 46.3. The summed E-state index contributed by atoms with van der Waals surface area (Å²) in [6.45, 7) is 0.0286. The molecular weight excluding hydrogens is 511 g/mol. The van der Waals surface area contributed by atoms with Crippen LogP contribution in [0.3, 0.4) is 0 Å². The number of nitrogens with one attached hydrogen (secondary N) is 1. The molecule has 0 saturated heterocycles. The van der Waals surface area contributed by atoms with Gasteiger partial charge in [-0.3, -0.25) is 18.9 Å². The van der Waals surface area contributed by atoms with Crippen molar-refractivity contribution in [2.24, 2.45) is 12.0 Å². The molecule has 3 aromatic carbocycles. The van der Waals surface area contributed by atoms with Crippen molar-refractivity contribution in [1.82, 2.24) is 9.13 Å². The minimum atomic E-state index is -4.46. The van der Waals surface area contributed by atoms with Crippen molar-refractivity contribution in [3.63, 3.8) is 0 Å². The van der Waals surface area contributed by atoms with Crippen molar-refractivity contribution >= 4 is 17.3 Å². The Bertz CT molecular complexity index is 1590. The van der Waals surface area contributed by atoms with Crippen molar-refractivity contribution < 1.29 is 17.9 Å². The number of nitrogens with two attached hydrogens (primary N) is 1. The summed E-state index contributed by atoms with van der Waals surface area (Å²) in [7, 11) is 2.89. The van der Waals surface area contributed by atoms with Crippen molar-refractivity contribution in [3.05, 3.63) is 122 Å². The van der Waals surface area contributed by atoms with Crippen LogP contribution < -0.4 is 27.0 Å². The Balaban J connectivity index is 1.79. The van der Waals surface area contributed by atoms with Crippen LogP contribution in [0, 0.1) is 0 Å². The fraction of sp³-hybridized carbons (Fsp3) is 0.179. The van der Waals surface area contributed by atoms with Gasteiger partial charge < -0.3 is 15.8 Å². The number of hydrogen-bond acceptors (Lipinski definition) is 5. The van der Waals surface area contributed by atoms with Crippen molar-refractivity contribution in [3.8, 4) is 5.75 Å². The Kier molecular flexibility index (Phi) is 7.89. The third-order valence-electron chi connectivity index (χ3n) is 6.06. The summed E-state index contributed by atoms with van der Waals surface area (Å²) in [6.07, 6.45) is -4.46. The van der Waals surface area contributed by atoms with E-state index in [1.165, 1.54) is 23.7 Å². The molecular formula is C28H26F3N5O3. The van der Waals surface area contributed by atoms with E-state index in [-0.39, 0.29) is 30.3 Å². The van der Waals surface area contributed by atoms with Crippen LogP contribution in [0.2, 0.25) is 0 Å². The predicted octanol–water partition coefficient (Wildman–Crippen LogP) is 4.26. The highest BCUT2D eigenvalue weighted by atomic mass is 19.4. The van der Waals surface area contributed by atoms with Crippen LogP contribution in [-0.4, -0.2) is 22.1 Å². The van der Waals surface area contributed by atoms with E-state index in [1.807, 2.05) is 6.07 Å². The molecule has 8 nitrogen and oxygen atoms in total. The zero-order chi connectivity index (χ0) is 28.2. The second-order valence-corrected chi connectivity index (χ2v) is 8.69. The molecule has 39 heavy (non-hydrogen) atoms. The number of amidine groups is 1. The smallest absolute Gasteiger partial charge is 0.416 e. The maximum Gasteiger partial charge on any atom is 0.416 e. The van der Waals surface area contributed by atoms with Gasteiger partial charge in [0.25, 0.3) is 5.56 Å². The monoisotopic (exact) mass is 537 g/mol. The first-order valence-electron chi connectivity index (χ1n) is 11.8. The average molecular weight is 538 g/mol. The van der Waals surface area contributed by atoms with E-state index in [2.05, 4.69) is 10.3 Å². The maximum atomic E-state index is 13.3. The number of aliphatic imine (C=N–C) groups is 1. The van der Waals surface area contributed by atoms with E-state index in [1.54, 1.807) is 55.6 Å². The summed E-state index contributed by atoms with van der Waals surface area (Å²) in [4.78, 5) is 30.8. The molecule has 3 N–H and O–H groups in total. The minimum absolute atomic E-state index is 0.0404. The van der Waals surface area contributed by atoms with E-state index in [9.17, 15) is 22.8 Å². The summed E-state index contributed by atoms with van der Waals surface area (Å²) in [5.41, 5.74) is 6.15. The Morgan fingerprint density at radius 1 is 0.949 bits per heavy atom. The SMILES string of the molecule is COc1ccc(Cn2c(N)c(C(=NCc3ccc(C(F)(F)F)cc3)Nc3ccccc3)c(=O)n(C)c2=O)cc1. The number of rotatable bonds is 7.